The van der Waals surface area contributed by atoms with Crippen molar-refractivity contribution in [1.82, 2.24) is 9.29 Å². The van der Waals surface area contributed by atoms with Gasteiger partial charge < -0.3 is 14.8 Å². The minimum Gasteiger partial charge on any atom is -0.491 e. The maximum absolute atomic E-state index is 13.0. The molecule has 0 aliphatic rings. The lowest BCUT2D eigenvalue weighted by molar-refractivity contribution is 0.0493. The van der Waals surface area contributed by atoms with Crippen molar-refractivity contribution in [2.75, 3.05) is 6.61 Å². The molecule has 0 bridgehead atoms. The summed E-state index contributed by atoms with van der Waals surface area (Å²) in [6.07, 6.45) is 1.47. The zero-order valence-corrected chi connectivity index (χ0v) is 19.2. The summed E-state index contributed by atoms with van der Waals surface area (Å²) >= 11 is 0. The van der Waals surface area contributed by atoms with Crippen LogP contribution in [-0.2, 0) is 14.8 Å². The molecule has 1 aromatic heterocycles. The van der Waals surface area contributed by atoms with Gasteiger partial charge in [0.15, 0.2) is 6.29 Å². The third-order valence-electron chi connectivity index (χ3n) is 4.51. The van der Waals surface area contributed by atoms with Gasteiger partial charge >= 0.3 is 6.09 Å². The fourth-order valence-corrected chi connectivity index (χ4v) is 4.49. The second-order valence-electron chi connectivity index (χ2n) is 8.32. The molecule has 3 rings (SSSR count). The predicted molar refractivity (Wildman–Crippen MR) is 121 cm³/mol. The molecule has 0 fully saturated rings. The maximum Gasteiger partial charge on any atom is 0.407 e. The van der Waals surface area contributed by atoms with E-state index in [0.717, 1.165) is 3.97 Å². The minimum atomic E-state index is -3.82. The first kappa shape index (κ1) is 23.3. The number of alkyl carbamates (subject to hydrolysis) is 1. The number of aromatic nitrogens is 1. The van der Waals surface area contributed by atoms with Gasteiger partial charge in [0.05, 0.1) is 22.0 Å². The first-order chi connectivity index (χ1) is 15.0. The van der Waals surface area contributed by atoms with Crippen molar-refractivity contribution in [3.05, 3.63) is 60.3 Å². The molecule has 0 spiro atoms. The van der Waals surface area contributed by atoms with Gasteiger partial charge in [-0.1, -0.05) is 18.2 Å². The monoisotopic (exact) mass is 458 g/mol. The van der Waals surface area contributed by atoms with Gasteiger partial charge in [0.2, 0.25) is 0 Å². The summed E-state index contributed by atoms with van der Waals surface area (Å²) in [5, 5.41) is 3.11. The Hall–Kier alpha value is -3.33. The van der Waals surface area contributed by atoms with Crippen molar-refractivity contribution >= 4 is 33.3 Å². The number of nitrogens with one attached hydrogen (secondary N) is 1. The number of rotatable bonds is 7. The van der Waals surface area contributed by atoms with Crippen LogP contribution >= 0.6 is 0 Å². The summed E-state index contributed by atoms with van der Waals surface area (Å²) in [5.74, 6) is 0.292. The molecular formula is C23H26N2O6S. The predicted octanol–water partition coefficient (Wildman–Crippen LogP) is 3.98. The van der Waals surface area contributed by atoms with Crippen LogP contribution in [0.15, 0.2) is 59.6 Å². The van der Waals surface area contributed by atoms with Gasteiger partial charge in [0.25, 0.3) is 10.0 Å². The molecule has 1 heterocycles. The van der Waals surface area contributed by atoms with Crippen LogP contribution in [0.3, 0.4) is 0 Å². The van der Waals surface area contributed by atoms with Crippen molar-refractivity contribution in [3.63, 3.8) is 0 Å². The molecular weight excluding hydrogens is 432 g/mol. The Morgan fingerprint density at radius 1 is 1.12 bits per heavy atom. The van der Waals surface area contributed by atoms with Crippen LogP contribution in [0.5, 0.6) is 5.75 Å². The van der Waals surface area contributed by atoms with E-state index in [1.54, 1.807) is 64.1 Å². The van der Waals surface area contributed by atoms with Crippen molar-refractivity contribution in [2.45, 2.75) is 44.2 Å². The van der Waals surface area contributed by atoms with Gasteiger partial charge in [-0.25, -0.2) is 17.2 Å². The van der Waals surface area contributed by atoms with E-state index >= 15 is 0 Å². The van der Waals surface area contributed by atoms with E-state index in [0.29, 0.717) is 22.9 Å². The number of nitrogens with zero attached hydrogens (tertiary/aromatic N) is 1. The lowest BCUT2D eigenvalue weighted by Crippen LogP contribution is -2.40. The number of hydrogen-bond acceptors (Lipinski definition) is 6. The summed E-state index contributed by atoms with van der Waals surface area (Å²) in [4.78, 5) is 23.9. The van der Waals surface area contributed by atoms with Crippen molar-refractivity contribution in [2.24, 2.45) is 0 Å². The smallest absolute Gasteiger partial charge is 0.407 e. The Kier molecular flexibility index (Phi) is 6.59. The molecule has 170 valence electrons. The Morgan fingerprint density at radius 2 is 1.81 bits per heavy atom. The van der Waals surface area contributed by atoms with Gasteiger partial charge in [-0.15, -0.1) is 0 Å². The van der Waals surface area contributed by atoms with Gasteiger partial charge in [0.1, 0.15) is 18.0 Å². The second kappa shape index (κ2) is 9.04. The molecule has 0 aliphatic heterocycles. The lowest BCUT2D eigenvalue weighted by Gasteiger charge is -2.22. The number of carbonyl (C=O) groups is 2. The molecule has 0 saturated carbocycles. The second-order valence-corrected chi connectivity index (χ2v) is 10.1. The number of carbonyl (C=O) groups excluding carboxylic acids is 2. The van der Waals surface area contributed by atoms with E-state index in [1.807, 2.05) is 0 Å². The molecule has 1 amide bonds. The summed E-state index contributed by atoms with van der Waals surface area (Å²) < 4.78 is 38.1. The number of benzene rings is 2. The number of fused-ring (bicyclic) bond motifs is 1. The Bertz CT molecular complexity index is 1230. The van der Waals surface area contributed by atoms with Crippen molar-refractivity contribution in [1.29, 1.82) is 0 Å². The zero-order valence-electron chi connectivity index (χ0n) is 18.4. The van der Waals surface area contributed by atoms with E-state index in [-0.39, 0.29) is 23.1 Å². The first-order valence-electron chi connectivity index (χ1n) is 10.0. The van der Waals surface area contributed by atoms with Gasteiger partial charge in [-0.05, 0) is 58.0 Å². The summed E-state index contributed by atoms with van der Waals surface area (Å²) in [6.45, 7) is 7.14. The van der Waals surface area contributed by atoms with Crippen LogP contribution in [-0.4, -0.2) is 43.0 Å². The SMILES string of the molecule is C[C@H](COc1ccc2c(ccn2S(=O)(=O)c2ccccc2)c1C=O)NC(=O)OC(C)(C)C. The van der Waals surface area contributed by atoms with Crippen LogP contribution in [0.1, 0.15) is 38.1 Å². The van der Waals surface area contributed by atoms with Crippen LogP contribution < -0.4 is 10.1 Å². The Morgan fingerprint density at radius 3 is 2.44 bits per heavy atom. The Labute approximate surface area is 187 Å². The molecule has 0 unspecified atom stereocenters. The molecule has 3 aromatic rings. The standard InChI is InChI=1S/C23H26N2O6S/c1-16(24-22(27)31-23(2,3)4)15-30-21-11-10-20-18(19(21)14-26)12-13-25(20)32(28,29)17-8-6-5-7-9-17/h5-14,16H,15H2,1-4H3,(H,24,27)/t16-/m1/s1. The highest BCUT2D eigenvalue weighted by molar-refractivity contribution is 7.90. The molecule has 2 aromatic carbocycles. The average molecular weight is 459 g/mol. The zero-order chi connectivity index (χ0) is 23.5. The van der Waals surface area contributed by atoms with E-state index in [2.05, 4.69) is 5.32 Å². The van der Waals surface area contributed by atoms with Crippen LogP contribution in [0.2, 0.25) is 0 Å². The first-order valence-corrected chi connectivity index (χ1v) is 11.5. The van der Waals surface area contributed by atoms with E-state index in [1.165, 1.54) is 18.3 Å². The lowest BCUT2D eigenvalue weighted by atomic mass is 10.1. The highest BCUT2D eigenvalue weighted by atomic mass is 32.2. The largest absolute Gasteiger partial charge is 0.491 e. The average Bonchev–Trinajstić information content (AvgIpc) is 3.16. The third kappa shape index (κ3) is 5.11. The van der Waals surface area contributed by atoms with E-state index in [4.69, 9.17) is 9.47 Å². The van der Waals surface area contributed by atoms with Crippen LogP contribution in [0.25, 0.3) is 10.9 Å². The number of hydrogen-bond donors (Lipinski definition) is 1. The van der Waals surface area contributed by atoms with Crippen molar-refractivity contribution < 1.29 is 27.5 Å². The van der Waals surface area contributed by atoms with E-state index in [9.17, 15) is 18.0 Å². The van der Waals surface area contributed by atoms with Gasteiger partial charge in [-0.3, -0.25) is 4.79 Å². The van der Waals surface area contributed by atoms with E-state index < -0.39 is 21.7 Å². The topological polar surface area (TPSA) is 104 Å². The summed E-state index contributed by atoms with van der Waals surface area (Å²) in [5.41, 5.74) is -0.0228. The fourth-order valence-electron chi connectivity index (χ4n) is 3.12. The van der Waals surface area contributed by atoms with Gasteiger partial charge in [0, 0.05) is 11.6 Å². The molecule has 0 aliphatic carbocycles. The maximum atomic E-state index is 13.0. The number of amides is 1. The van der Waals surface area contributed by atoms with Crippen LogP contribution in [0.4, 0.5) is 4.79 Å². The summed E-state index contributed by atoms with van der Waals surface area (Å²) in [7, 11) is -3.82. The third-order valence-corrected chi connectivity index (χ3v) is 6.21. The Balaban J connectivity index is 1.82. The molecule has 8 nitrogen and oxygen atoms in total. The normalized spacial score (nSPS) is 12.9. The number of aldehydes is 1. The fraction of sp³-hybridized carbons (Fsp3) is 0.304. The highest BCUT2D eigenvalue weighted by Crippen LogP contribution is 2.30. The molecule has 1 N–H and O–H groups in total. The summed E-state index contributed by atoms with van der Waals surface area (Å²) in [6, 6.07) is 12.4. The molecule has 32 heavy (non-hydrogen) atoms. The molecule has 0 saturated heterocycles. The van der Waals surface area contributed by atoms with Crippen molar-refractivity contribution in [3.8, 4) is 5.75 Å². The molecule has 1 atom stereocenters. The van der Waals surface area contributed by atoms with Gasteiger partial charge in [-0.2, -0.15) is 0 Å². The molecule has 9 heteroatoms. The minimum absolute atomic E-state index is 0.0919. The number of ether oxygens (including phenoxy) is 2. The van der Waals surface area contributed by atoms with Crippen LogP contribution in [0, 0.1) is 0 Å². The highest BCUT2D eigenvalue weighted by Gasteiger charge is 2.22. The quantitative estimate of drug-likeness (QED) is 0.537. The molecule has 0 radical (unpaired) electrons.